The van der Waals surface area contributed by atoms with Crippen LogP contribution in [0, 0.1) is 0 Å². The van der Waals surface area contributed by atoms with Crippen LogP contribution in [0.1, 0.15) is 65.2 Å². The molecule has 0 aliphatic carbocycles. The Balaban J connectivity index is 3.90. The Morgan fingerprint density at radius 3 is 1.53 bits per heavy atom. The van der Waals surface area contributed by atoms with Crippen LogP contribution in [0.3, 0.4) is 0 Å². The Hall–Kier alpha value is -0.130. The maximum Gasteiger partial charge on any atom is 0.293 e. The molecule has 103 valence electrons. The van der Waals surface area contributed by atoms with Crippen molar-refractivity contribution in [1.29, 1.82) is 0 Å². The van der Waals surface area contributed by atoms with E-state index in [2.05, 4.69) is 13.8 Å². The van der Waals surface area contributed by atoms with Crippen molar-refractivity contribution in [3.63, 3.8) is 0 Å². The van der Waals surface area contributed by atoms with Gasteiger partial charge in [0.1, 0.15) is 0 Å². The molecule has 5 heteroatoms. The minimum atomic E-state index is -3.76. The molecule has 0 bridgehead atoms. The molecule has 0 aliphatic heterocycles. The highest BCUT2D eigenvalue weighted by atomic mass is 32.2. The van der Waals surface area contributed by atoms with E-state index in [4.69, 9.17) is 5.14 Å². The lowest BCUT2D eigenvalue weighted by molar-refractivity contribution is 0.385. The lowest BCUT2D eigenvalue weighted by atomic mass is 10.2. The second kappa shape index (κ2) is 9.85. The Bertz CT molecular complexity index is 254. The van der Waals surface area contributed by atoms with Crippen LogP contribution < -0.4 is 5.14 Å². The standard InChI is InChI=1S/C12H27N2O2S/c1-3-5-7-9-11-14(17(13,15)16)12-10-8-6-4-2/h13H,3-12H2,1-2H3. The molecule has 0 spiro atoms. The zero-order valence-electron chi connectivity index (χ0n) is 11.2. The van der Waals surface area contributed by atoms with Crippen molar-refractivity contribution in [3.8, 4) is 0 Å². The highest BCUT2D eigenvalue weighted by Gasteiger charge is 2.16. The number of hydrogen-bond acceptors (Lipinski definition) is 2. The molecule has 0 atom stereocenters. The normalized spacial score (nSPS) is 12.2. The lowest BCUT2D eigenvalue weighted by Crippen LogP contribution is -2.33. The van der Waals surface area contributed by atoms with Crippen molar-refractivity contribution < 1.29 is 8.42 Å². The second-order valence-electron chi connectivity index (χ2n) is 4.53. The van der Waals surface area contributed by atoms with Gasteiger partial charge in [-0.05, 0) is 12.8 Å². The minimum Gasteiger partial charge on any atom is -0.194 e. The summed E-state index contributed by atoms with van der Waals surface area (Å²) < 4.78 is 23.8. The van der Waals surface area contributed by atoms with Gasteiger partial charge in [-0.2, -0.15) is 12.7 Å². The number of nitrogens with zero attached hydrogens (tertiary/aromatic N) is 1. The van der Waals surface area contributed by atoms with Crippen LogP contribution in [0.4, 0.5) is 0 Å². The lowest BCUT2D eigenvalue weighted by Gasteiger charge is -2.18. The second-order valence-corrected chi connectivity index (χ2v) is 5.99. The summed E-state index contributed by atoms with van der Waals surface area (Å²) in [5.74, 6) is 0. The summed E-state index contributed by atoms with van der Waals surface area (Å²) in [7, 11) is -3.76. The average Bonchev–Trinajstić information content (AvgIpc) is 2.25. The van der Waals surface area contributed by atoms with Gasteiger partial charge in [0, 0.05) is 13.1 Å². The summed E-state index contributed by atoms with van der Waals surface area (Å²) in [6.07, 6.45) is 8.42. The van der Waals surface area contributed by atoms with Gasteiger partial charge in [0.25, 0.3) is 10.2 Å². The molecular formula is C12H27N2O2S. The zero-order valence-corrected chi connectivity index (χ0v) is 12.1. The van der Waals surface area contributed by atoms with E-state index >= 15 is 0 Å². The summed E-state index contributed by atoms with van der Waals surface area (Å²) in [6, 6.07) is 0. The first-order valence-electron chi connectivity index (χ1n) is 6.77. The van der Waals surface area contributed by atoms with Gasteiger partial charge < -0.3 is 0 Å². The van der Waals surface area contributed by atoms with Gasteiger partial charge in [-0.15, -0.1) is 5.14 Å². The molecule has 0 aliphatic rings. The van der Waals surface area contributed by atoms with Crippen LogP contribution in [0.25, 0.3) is 0 Å². The van der Waals surface area contributed by atoms with Crippen LogP contribution >= 0.6 is 0 Å². The molecule has 0 unspecified atom stereocenters. The number of unbranched alkanes of at least 4 members (excludes halogenated alkanes) is 6. The molecule has 1 radical (unpaired) electrons. The Morgan fingerprint density at radius 1 is 0.824 bits per heavy atom. The molecular weight excluding hydrogens is 236 g/mol. The van der Waals surface area contributed by atoms with E-state index in [1.807, 2.05) is 0 Å². The SMILES string of the molecule is CCCCCCN(CCCCCC)S([NH])(=O)=O. The third-order valence-corrected chi connectivity index (χ3v) is 3.91. The fourth-order valence-corrected chi connectivity index (χ4v) is 2.52. The topological polar surface area (TPSA) is 61.2 Å². The molecule has 0 aromatic heterocycles. The van der Waals surface area contributed by atoms with Crippen molar-refractivity contribution in [1.82, 2.24) is 9.44 Å². The van der Waals surface area contributed by atoms with E-state index in [0.717, 1.165) is 51.4 Å². The maximum atomic E-state index is 11.3. The molecule has 1 N–H and O–H groups in total. The highest BCUT2D eigenvalue weighted by molar-refractivity contribution is 7.86. The first-order chi connectivity index (χ1) is 8.02. The third-order valence-electron chi connectivity index (χ3n) is 2.86. The minimum absolute atomic E-state index is 0.512. The summed E-state index contributed by atoms with van der Waals surface area (Å²) in [5, 5.41) is 7.15. The third kappa shape index (κ3) is 9.56. The monoisotopic (exact) mass is 263 g/mol. The summed E-state index contributed by atoms with van der Waals surface area (Å²) in [5.41, 5.74) is 0. The van der Waals surface area contributed by atoms with Gasteiger partial charge in [-0.1, -0.05) is 52.4 Å². The van der Waals surface area contributed by atoms with Gasteiger partial charge in [0.05, 0.1) is 0 Å². The fraction of sp³-hybridized carbons (Fsp3) is 1.00. The molecule has 0 fully saturated rings. The molecule has 0 aromatic rings. The molecule has 4 nitrogen and oxygen atoms in total. The van der Waals surface area contributed by atoms with E-state index in [1.54, 1.807) is 0 Å². The molecule has 0 aromatic carbocycles. The Morgan fingerprint density at radius 2 is 1.24 bits per heavy atom. The van der Waals surface area contributed by atoms with E-state index in [9.17, 15) is 8.42 Å². The first kappa shape index (κ1) is 16.9. The molecule has 0 saturated carbocycles. The van der Waals surface area contributed by atoms with Gasteiger partial charge in [-0.25, -0.2) is 0 Å². The summed E-state index contributed by atoms with van der Waals surface area (Å²) in [4.78, 5) is 0. The predicted octanol–water partition coefficient (Wildman–Crippen LogP) is 2.98. The molecule has 0 saturated heterocycles. The van der Waals surface area contributed by atoms with Crippen LogP contribution in [0.2, 0.25) is 0 Å². The van der Waals surface area contributed by atoms with E-state index in [0.29, 0.717) is 13.1 Å². The van der Waals surface area contributed by atoms with Gasteiger partial charge in [0.15, 0.2) is 0 Å². The molecule has 0 heterocycles. The van der Waals surface area contributed by atoms with Crippen LogP contribution in [0.5, 0.6) is 0 Å². The van der Waals surface area contributed by atoms with Crippen molar-refractivity contribution in [2.75, 3.05) is 13.1 Å². The van der Waals surface area contributed by atoms with Crippen LogP contribution in [0.15, 0.2) is 0 Å². The quantitative estimate of drug-likeness (QED) is 0.538. The first-order valence-corrected chi connectivity index (χ1v) is 8.21. The van der Waals surface area contributed by atoms with Crippen LogP contribution in [-0.2, 0) is 10.2 Å². The smallest absolute Gasteiger partial charge is 0.194 e. The van der Waals surface area contributed by atoms with E-state index in [1.165, 1.54) is 4.31 Å². The molecule has 0 amide bonds. The summed E-state index contributed by atoms with van der Waals surface area (Å²) in [6.45, 7) is 5.28. The largest absolute Gasteiger partial charge is 0.293 e. The number of rotatable bonds is 11. The number of hydrogen-bond donors (Lipinski definition) is 0. The highest BCUT2D eigenvalue weighted by Crippen LogP contribution is 2.07. The molecule has 17 heavy (non-hydrogen) atoms. The Kier molecular flexibility index (Phi) is 9.78. The van der Waals surface area contributed by atoms with Crippen molar-refractivity contribution >= 4 is 10.2 Å². The molecule has 0 rings (SSSR count). The van der Waals surface area contributed by atoms with Crippen molar-refractivity contribution in [2.45, 2.75) is 65.2 Å². The van der Waals surface area contributed by atoms with Gasteiger partial charge in [0.2, 0.25) is 0 Å². The van der Waals surface area contributed by atoms with Gasteiger partial charge >= 0.3 is 0 Å². The fourth-order valence-electron chi connectivity index (χ4n) is 1.78. The summed E-state index contributed by atoms with van der Waals surface area (Å²) >= 11 is 0. The van der Waals surface area contributed by atoms with Crippen molar-refractivity contribution in [2.24, 2.45) is 0 Å². The number of nitrogens with one attached hydrogen (secondary N) is 1. The van der Waals surface area contributed by atoms with Crippen LogP contribution in [-0.4, -0.2) is 25.8 Å². The maximum absolute atomic E-state index is 11.3. The van der Waals surface area contributed by atoms with Crippen molar-refractivity contribution in [3.05, 3.63) is 0 Å². The Labute approximate surface area is 107 Å². The predicted molar refractivity (Wildman–Crippen MR) is 71.9 cm³/mol. The van der Waals surface area contributed by atoms with Gasteiger partial charge in [-0.3, -0.25) is 0 Å². The van der Waals surface area contributed by atoms with E-state index < -0.39 is 10.2 Å². The van der Waals surface area contributed by atoms with E-state index in [-0.39, 0.29) is 0 Å². The average molecular weight is 263 g/mol. The zero-order chi connectivity index (χ0) is 13.1.